The first kappa shape index (κ1) is 16.8. The Morgan fingerprint density at radius 2 is 2.04 bits per heavy atom. The molecule has 0 saturated heterocycles. The van der Waals surface area contributed by atoms with Crippen LogP contribution in [0.5, 0.6) is 5.88 Å². The summed E-state index contributed by atoms with van der Waals surface area (Å²) in [4.78, 5) is 4.25. The molecule has 2 nitrogen and oxygen atoms in total. The lowest BCUT2D eigenvalue weighted by Gasteiger charge is -2.13. The summed E-state index contributed by atoms with van der Waals surface area (Å²) in [5.41, 5.74) is 1.46. The molecule has 0 aliphatic heterocycles. The van der Waals surface area contributed by atoms with Gasteiger partial charge in [-0.3, -0.25) is 0 Å². The van der Waals surface area contributed by atoms with Gasteiger partial charge in [0.2, 0.25) is 5.88 Å². The fraction of sp³-hybridized carbons (Fsp3) is 0.389. The van der Waals surface area contributed by atoms with E-state index in [0.29, 0.717) is 29.7 Å². The van der Waals surface area contributed by atoms with Gasteiger partial charge >= 0.3 is 6.18 Å². The largest absolute Gasteiger partial charge is 0.473 e. The number of halogens is 5. The van der Waals surface area contributed by atoms with Crippen molar-refractivity contribution >= 4 is 15.9 Å². The molecule has 132 valence electrons. The van der Waals surface area contributed by atoms with Crippen LogP contribution in [0.2, 0.25) is 0 Å². The number of nitrogens with zero attached hydrogens (tertiary/aromatic N) is 1. The van der Waals surface area contributed by atoms with E-state index in [1.165, 1.54) is 11.1 Å². The van der Waals surface area contributed by atoms with Gasteiger partial charge in [-0.05, 0) is 47.4 Å². The molecule has 0 N–H and O–H groups in total. The minimum absolute atomic E-state index is 0.0404. The topological polar surface area (TPSA) is 22.1 Å². The number of fused-ring (bicyclic) bond motifs is 3. The van der Waals surface area contributed by atoms with Gasteiger partial charge in [0.15, 0.2) is 0 Å². The van der Waals surface area contributed by atoms with Crippen molar-refractivity contribution in [3.63, 3.8) is 0 Å². The maximum absolute atomic E-state index is 14.0. The van der Waals surface area contributed by atoms with Gasteiger partial charge in [-0.2, -0.15) is 13.2 Å². The molecule has 2 aliphatic carbocycles. The average Bonchev–Trinajstić information content (AvgIpc) is 3.01. The molecule has 7 heteroatoms. The van der Waals surface area contributed by atoms with Gasteiger partial charge < -0.3 is 4.74 Å². The highest BCUT2D eigenvalue weighted by molar-refractivity contribution is 9.10. The highest BCUT2D eigenvalue weighted by atomic mass is 79.9. The molecule has 2 aliphatic rings. The van der Waals surface area contributed by atoms with Crippen LogP contribution in [0.25, 0.3) is 0 Å². The van der Waals surface area contributed by atoms with E-state index in [4.69, 9.17) is 4.74 Å². The van der Waals surface area contributed by atoms with Crippen molar-refractivity contribution in [3.05, 3.63) is 56.9 Å². The third-order valence-electron chi connectivity index (χ3n) is 5.19. The van der Waals surface area contributed by atoms with E-state index < -0.39 is 17.6 Å². The Hall–Kier alpha value is -1.63. The average molecular weight is 416 g/mol. The van der Waals surface area contributed by atoms with Crippen molar-refractivity contribution in [1.82, 2.24) is 4.98 Å². The Balaban J connectivity index is 1.50. The molecule has 2 aromatic rings. The number of aromatic nitrogens is 1. The van der Waals surface area contributed by atoms with Crippen molar-refractivity contribution < 1.29 is 22.3 Å². The fourth-order valence-corrected chi connectivity index (χ4v) is 4.35. The van der Waals surface area contributed by atoms with Crippen LogP contribution < -0.4 is 4.74 Å². The zero-order valence-electron chi connectivity index (χ0n) is 13.2. The Morgan fingerprint density at radius 3 is 2.76 bits per heavy atom. The zero-order valence-corrected chi connectivity index (χ0v) is 14.8. The van der Waals surface area contributed by atoms with Crippen LogP contribution in [0, 0.1) is 17.7 Å². The second kappa shape index (κ2) is 5.69. The van der Waals surface area contributed by atoms with Crippen molar-refractivity contribution in [2.75, 3.05) is 0 Å². The Bertz CT molecular complexity index is 852. The van der Waals surface area contributed by atoms with E-state index >= 15 is 0 Å². The fourth-order valence-electron chi connectivity index (χ4n) is 3.74. The van der Waals surface area contributed by atoms with Gasteiger partial charge in [-0.15, -0.1) is 0 Å². The quantitative estimate of drug-likeness (QED) is 0.618. The summed E-state index contributed by atoms with van der Waals surface area (Å²) < 4.78 is 57.5. The summed E-state index contributed by atoms with van der Waals surface area (Å²) >= 11 is 2.84. The number of ether oxygens (including phenoxy) is 1. The van der Waals surface area contributed by atoms with Crippen LogP contribution in [0.3, 0.4) is 0 Å². The van der Waals surface area contributed by atoms with E-state index in [9.17, 15) is 17.6 Å². The Labute approximate surface area is 150 Å². The number of rotatable bonds is 3. The molecule has 1 saturated carbocycles. The maximum atomic E-state index is 14.0. The first-order valence-corrected chi connectivity index (χ1v) is 8.71. The second-order valence-electron chi connectivity index (χ2n) is 6.68. The van der Waals surface area contributed by atoms with Crippen LogP contribution in [0.15, 0.2) is 28.9 Å². The standard InChI is InChI=1S/C18H14BrF4NO/c1-8-11-2-9-4-16(24-6-12(9)17(8)11)25-7-10-3-14(19)13(5-15(10)20)18(21,22)23/h3-6,8,11,17H,2,7H2,1H3/t8-,11-,17+/m0/s1. The van der Waals surface area contributed by atoms with Crippen molar-refractivity contribution in [1.29, 1.82) is 0 Å². The second-order valence-corrected chi connectivity index (χ2v) is 7.54. The minimum atomic E-state index is -4.61. The molecule has 0 amide bonds. The van der Waals surface area contributed by atoms with E-state index in [0.717, 1.165) is 12.5 Å². The number of alkyl halides is 3. The molecule has 3 atom stereocenters. The summed E-state index contributed by atoms with van der Waals surface area (Å²) in [5.74, 6) is 1.41. The molecule has 4 rings (SSSR count). The van der Waals surface area contributed by atoms with Crippen molar-refractivity contribution in [2.45, 2.75) is 32.0 Å². The molecular formula is C18H14BrF4NO. The molecule has 0 radical (unpaired) electrons. The molecule has 1 fully saturated rings. The van der Waals surface area contributed by atoms with Gasteiger partial charge in [0.1, 0.15) is 12.4 Å². The molecule has 25 heavy (non-hydrogen) atoms. The summed E-state index contributed by atoms with van der Waals surface area (Å²) in [6.45, 7) is 2.05. The summed E-state index contributed by atoms with van der Waals surface area (Å²) in [7, 11) is 0. The molecule has 1 heterocycles. The predicted molar refractivity (Wildman–Crippen MR) is 86.8 cm³/mol. The molecule has 0 unspecified atom stereocenters. The SMILES string of the molecule is C[C@H]1[C@@H]2Cc3cc(OCc4cc(Br)c(C(F)(F)F)cc4F)ncc3[C@H]12. The highest BCUT2D eigenvalue weighted by Crippen LogP contribution is 2.61. The zero-order chi connectivity index (χ0) is 17.9. The molecule has 1 aromatic carbocycles. The maximum Gasteiger partial charge on any atom is 0.417 e. The number of hydrogen-bond donors (Lipinski definition) is 0. The van der Waals surface area contributed by atoms with Gasteiger partial charge in [-0.25, -0.2) is 9.37 Å². The molecular weight excluding hydrogens is 402 g/mol. The van der Waals surface area contributed by atoms with E-state index in [1.807, 2.05) is 6.07 Å². The first-order chi connectivity index (χ1) is 11.8. The third-order valence-corrected chi connectivity index (χ3v) is 5.85. The van der Waals surface area contributed by atoms with Crippen molar-refractivity contribution in [3.8, 4) is 5.88 Å². The first-order valence-electron chi connectivity index (χ1n) is 7.92. The molecule has 1 aromatic heterocycles. The summed E-state index contributed by atoms with van der Waals surface area (Å²) in [6, 6.07) is 3.43. The van der Waals surface area contributed by atoms with Gasteiger partial charge in [0.25, 0.3) is 0 Å². The van der Waals surface area contributed by atoms with E-state index in [1.54, 1.807) is 6.20 Å². The van der Waals surface area contributed by atoms with Gasteiger partial charge in [0, 0.05) is 22.3 Å². The van der Waals surface area contributed by atoms with Crippen LogP contribution >= 0.6 is 15.9 Å². The van der Waals surface area contributed by atoms with Crippen LogP contribution in [0.4, 0.5) is 17.6 Å². The molecule has 0 bridgehead atoms. The third kappa shape index (κ3) is 2.92. The lowest BCUT2D eigenvalue weighted by molar-refractivity contribution is -0.138. The van der Waals surface area contributed by atoms with E-state index in [-0.39, 0.29) is 16.6 Å². The Kier molecular flexibility index (Phi) is 3.83. The van der Waals surface area contributed by atoms with Crippen LogP contribution in [-0.2, 0) is 19.2 Å². The van der Waals surface area contributed by atoms with Gasteiger partial charge in [-0.1, -0.05) is 22.9 Å². The lowest BCUT2D eigenvalue weighted by atomic mass is 10.1. The predicted octanol–water partition coefficient (Wildman–Crippen LogP) is 5.49. The number of benzene rings is 1. The van der Waals surface area contributed by atoms with Crippen molar-refractivity contribution in [2.24, 2.45) is 11.8 Å². The number of pyridine rings is 1. The van der Waals surface area contributed by atoms with E-state index in [2.05, 4.69) is 27.8 Å². The lowest BCUT2D eigenvalue weighted by Crippen LogP contribution is -2.09. The van der Waals surface area contributed by atoms with Crippen LogP contribution in [0.1, 0.15) is 35.1 Å². The summed E-state index contributed by atoms with van der Waals surface area (Å²) in [5, 5.41) is 0. The van der Waals surface area contributed by atoms with Gasteiger partial charge in [0.05, 0.1) is 5.56 Å². The van der Waals surface area contributed by atoms with Crippen LogP contribution in [-0.4, -0.2) is 4.98 Å². The monoisotopic (exact) mass is 415 g/mol. The number of hydrogen-bond acceptors (Lipinski definition) is 2. The smallest absolute Gasteiger partial charge is 0.417 e. The Morgan fingerprint density at radius 1 is 1.28 bits per heavy atom. The minimum Gasteiger partial charge on any atom is -0.473 e. The highest BCUT2D eigenvalue weighted by Gasteiger charge is 2.52. The normalized spacial score (nSPS) is 24.0. The molecule has 0 spiro atoms. The summed E-state index contributed by atoms with van der Waals surface area (Å²) in [6.07, 6.45) is -1.81.